The lowest BCUT2D eigenvalue weighted by atomic mass is 9.82. The number of fused-ring (bicyclic) bond motifs is 1. The summed E-state index contributed by atoms with van der Waals surface area (Å²) in [5.74, 6) is 0.581. The van der Waals surface area contributed by atoms with Crippen molar-refractivity contribution in [2.24, 2.45) is 5.92 Å². The zero-order chi connectivity index (χ0) is 12.5. The molecule has 0 bridgehead atoms. The molecule has 2 heteroatoms. The quantitative estimate of drug-likeness (QED) is 0.574. The SMILES string of the molecule is C[C@@H](c1ccccc1)N1C(=O)[C@@H]2CCCC=C[C@@H]21. The Morgan fingerprint density at radius 2 is 2.06 bits per heavy atom. The Labute approximate surface area is 108 Å². The molecule has 1 fully saturated rings. The van der Waals surface area contributed by atoms with Crippen LogP contribution in [-0.4, -0.2) is 16.8 Å². The van der Waals surface area contributed by atoms with Gasteiger partial charge < -0.3 is 4.90 Å². The molecule has 0 unspecified atom stereocenters. The molecular formula is C16H19NO. The zero-order valence-electron chi connectivity index (χ0n) is 10.8. The molecular weight excluding hydrogens is 222 g/mol. The average molecular weight is 241 g/mol. The molecule has 0 radical (unpaired) electrons. The predicted molar refractivity (Wildman–Crippen MR) is 72.0 cm³/mol. The van der Waals surface area contributed by atoms with Gasteiger partial charge in [0, 0.05) is 0 Å². The maximum Gasteiger partial charge on any atom is 0.229 e. The number of β-lactam (4-membered cyclic amide) rings is 1. The van der Waals surface area contributed by atoms with E-state index in [9.17, 15) is 4.79 Å². The number of carbonyl (C=O) groups is 1. The van der Waals surface area contributed by atoms with Crippen LogP contribution in [0.25, 0.3) is 0 Å². The van der Waals surface area contributed by atoms with Crippen molar-refractivity contribution in [3.8, 4) is 0 Å². The molecule has 94 valence electrons. The highest BCUT2D eigenvalue weighted by molar-refractivity contribution is 5.87. The van der Waals surface area contributed by atoms with E-state index in [2.05, 4.69) is 31.2 Å². The average Bonchev–Trinajstić information content (AvgIpc) is 2.62. The molecule has 1 heterocycles. The minimum absolute atomic E-state index is 0.183. The largest absolute Gasteiger partial charge is 0.328 e. The Morgan fingerprint density at radius 1 is 1.28 bits per heavy atom. The minimum atomic E-state index is 0.183. The van der Waals surface area contributed by atoms with Crippen LogP contribution in [0, 0.1) is 5.92 Å². The Morgan fingerprint density at radius 3 is 2.83 bits per heavy atom. The molecule has 1 aliphatic heterocycles. The van der Waals surface area contributed by atoms with Gasteiger partial charge in [-0.1, -0.05) is 42.5 Å². The highest BCUT2D eigenvalue weighted by Gasteiger charge is 2.47. The highest BCUT2D eigenvalue weighted by atomic mass is 16.2. The van der Waals surface area contributed by atoms with Crippen molar-refractivity contribution in [1.29, 1.82) is 0 Å². The summed E-state index contributed by atoms with van der Waals surface area (Å²) in [6, 6.07) is 10.8. The Bertz CT molecular complexity index is 465. The Balaban J connectivity index is 1.82. The number of allylic oxidation sites excluding steroid dienone is 1. The zero-order valence-corrected chi connectivity index (χ0v) is 10.8. The molecule has 18 heavy (non-hydrogen) atoms. The fraction of sp³-hybridized carbons (Fsp3) is 0.438. The van der Waals surface area contributed by atoms with Gasteiger partial charge in [0.1, 0.15) is 0 Å². The van der Waals surface area contributed by atoms with Crippen LogP contribution in [0.4, 0.5) is 0 Å². The van der Waals surface area contributed by atoms with Crippen molar-refractivity contribution < 1.29 is 4.79 Å². The van der Waals surface area contributed by atoms with Gasteiger partial charge in [0.15, 0.2) is 0 Å². The number of benzene rings is 1. The Kier molecular flexibility index (Phi) is 2.94. The maximum absolute atomic E-state index is 12.3. The normalized spacial score (nSPS) is 28.3. The molecule has 0 N–H and O–H groups in total. The number of nitrogens with zero attached hydrogens (tertiary/aromatic N) is 1. The van der Waals surface area contributed by atoms with E-state index in [0.29, 0.717) is 11.9 Å². The van der Waals surface area contributed by atoms with Crippen LogP contribution < -0.4 is 0 Å². The summed E-state index contributed by atoms with van der Waals surface area (Å²) in [5, 5.41) is 0. The topological polar surface area (TPSA) is 20.3 Å². The van der Waals surface area contributed by atoms with E-state index in [1.807, 2.05) is 23.1 Å². The van der Waals surface area contributed by atoms with Gasteiger partial charge in [-0.25, -0.2) is 0 Å². The summed E-state index contributed by atoms with van der Waals surface area (Å²) in [5.41, 5.74) is 1.22. The highest BCUT2D eigenvalue weighted by Crippen LogP contribution is 2.40. The fourth-order valence-corrected chi connectivity index (χ4v) is 3.15. The molecule has 1 aromatic carbocycles. The molecule has 3 atom stereocenters. The third kappa shape index (κ3) is 1.76. The molecule has 2 aliphatic rings. The van der Waals surface area contributed by atoms with Crippen molar-refractivity contribution in [2.45, 2.75) is 38.3 Å². The maximum atomic E-state index is 12.3. The van der Waals surface area contributed by atoms with Gasteiger partial charge in [0.2, 0.25) is 5.91 Å². The van der Waals surface area contributed by atoms with E-state index in [1.165, 1.54) is 5.56 Å². The van der Waals surface area contributed by atoms with Gasteiger partial charge >= 0.3 is 0 Å². The summed E-state index contributed by atoms with van der Waals surface area (Å²) in [6.07, 6.45) is 7.79. The third-order valence-electron chi connectivity index (χ3n) is 4.22. The van der Waals surface area contributed by atoms with E-state index in [4.69, 9.17) is 0 Å². The van der Waals surface area contributed by atoms with Crippen molar-refractivity contribution >= 4 is 5.91 Å². The van der Waals surface area contributed by atoms with Crippen LogP contribution >= 0.6 is 0 Å². The van der Waals surface area contributed by atoms with Crippen molar-refractivity contribution in [1.82, 2.24) is 4.90 Å². The summed E-state index contributed by atoms with van der Waals surface area (Å²) >= 11 is 0. The van der Waals surface area contributed by atoms with Crippen molar-refractivity contribution in [2.75, 3.05) is 0 Å². The monoisotopic (exact) mass is 241 g/mol. The van der Waals surface area contributed by atoms with E-state index in [-0.39, 0.29) is 12.0 Å². The van der Waals surface area contributed by atoms with Gasteiger partial charge in [0.05, 0.1) is 18.0 Å². The van der Waals surface area contributed by atoms with E-state index >= 15 is 0 Å². The van der Waals surface area contributed by atoms with Crippen LogP contribution in [0.15, 0.2) is 42.5 Å². The third-order valence-corrected chi connectivity index (χ3v) is 4.22. The molecule has 1 aliphatic carbocycles. The van der Waals surface area contributed by atoms with Gasteiger partial charge in [-0.15, -0.1) is 0 Å². The van der Waals surface area contributed by atoms with E-state index in [0.717, 1.165) is 19.3 Å². The molecule has 2 nitrogen and oxygen atoms in total. The number of likely N-dealkylation sites (tertiary alicyclic amines) is 1. The van der Waals surface area contributed by atoms with Crippen LogP contribution in [0.2, 0.25) is 0 Å². The standard InChI is InChI=1S/C16H19NO/c1-12(13-8-4-2-5-9-13)17-15-11-7-3-6-10-14(15)16(17)18/h2,4-5,7-9,11-12,14-15H,3,6,10H2,1H3/t12-,14+,15-/m0/s1. The fourth-order valence-electron chi connectivity index (χ4n) is 3.15. The first kappa shape index (κ1) is 11.5. The molecule has 1 amide bonds. The molecule has 0 spiro atoms. The van der Waals surface area contributed by atoms with Crippen LogP contribution in [0.3, 0.4) is 0 Å². The van der Waals surface area contributed by atoms with Crippen molar-refractivity contribution in [3.05, 3.63) is 48.0 Å². The molecule has 0 saturated carbocycles. The molecule has 0 aromatic heterocycles. The minimum Gasteiger partial charge on any atom is -0.328 e. The van der Waals surface area contributed by atoms with Crippen molar-refractivity contribution in [3.63, 3.8) is 0 Å². The number of carbonyl (C=O) groups excluding carboxylic acids is 1. The predicted octanol–water partition coefficient (Wildman–Crippen LogP) is 3.31. The first-order chi connectivity index (χ1) is 8.79. The number of amides is 1. The van der Waals surface area contributed by atoms with Gasteiger partial charge in [-0.05, 0) is 31.7 Å². The lowest BCUT2D eigenvalue weighted by Crippen LogP contribution is -2.60. The second-order valence-electron chi connectivity index (χ2n) is 5.29. The Hall–Kier alpha value is -1.57. The number of hydrogen-bond donors (Lipinski definition) is 0. The summed E-state index contributed by atoms with van der Waals surface area (Å²) in [6.45, 7) is 2.13. The summed E-state index contributed by atoms with van der Waals surface area (Å²) < 4.78 is 0. The van der Waals surface area contributed by atoms with Gasteiger partial charge in [-0.3, -0.25) is 4.79 Å². The first-order valence-corrected chi connectivity index (χ1v) is 6.83. The van der Waals surface area contributed by atoms with E-state index < -0.39 is 0 Å². The van der Waals surface area contributed by atoms with E-state index in [1.54, 1.807) is 0 Å². The smallest absolute Gasteiger partial charge is 0.229 e. The second kappa shape index (κ2) is 4.60. The number of hydrogen-bond acceptors (Lipinski definition) is 1. The van der Waals surface area contributed by atoms with Crippen LogP contribution in [0.5, 0.6) is 0 Å². The molecule has 1 saturated heterocycles. The molecule has 1 aromatic rings. The molecule has 3 rings (SSSR count). The first-order valence-electron chi connectivity index (χ1n) is 6.83. The van der Waals surface area contributed by atoms with Crippen LogP contribution in [0.1, 0.15) is 37.8 Å². The lowest BCUT2D eigenvalue weighted by molar-refractivity contribution is -0.157. The van der Waals surface area contributed by atoms with Gasteiger partial charge in [0.25, 0.3) is 0 Å². The number of rotatable bonds is 2. The second-order valence-corrected chi connectivity index (χ2v) is 5.29. The summed E-state index contributed by atoms with van der Waals surface area (Å²) in [7, 11) is 0. The lowest BCUT2D eigenvalue weighted by Gasteiger charge is -2.49. The summed E-state index contributed by atoms with van der Waals surface area (Å²) in [4.78, 5) is 14.3. The van der Waals surface area contributed by atoms with Gasteiger partial charge in [-0.2, -0.15) is 0 Å². The van der Waals surface area contributed by atoms with Crippen LogP contribution in [-0.2, 0) is 4.79 Å².